The van der Waals surface area contributed by atoms with Crippen LogP contribution in [0.1, 0.15) is 0 Å². The van der Waals surface area contributed by atoms with Crippen LogP contribution in [0, 0.1) is 6.33 Å². The second-order valence-corrected chi connectivity index (χ2v) is 3.53. The van der Waals surface area contributed by atoms with Crippen molar-refractivity contribution in [1.29, 1.82) is 0 Å². The van der Waals surface area contributed by atoms with Crippen LogP contribution in [0.5, 0.6) is 0 Å². The van der Waals surface area contributed by atoms with Gasteiger partial charge in [0.25, 0.3) is 0 Å². The van der Waals surface area contributed by atoms with Crippen molar-refractivity contribution in [1.82, 2.24) is 14.5 Å². The number of nitrogens with zero attached hydrogens (tertiary/aromatic N) is 4. The molecule has 3 aromatic rings. The molecule has 0 saturated carbocycles. The summed E-state index contributed by atoms with van der Waals surface area (Å²) in [5.74, 6) is 0. The maximum absolute atomic E-state index is 4.33. The van der Waals surface area contributed by atoms with Gasteiger partial charge in [-0.15, -0.1) is 0 Å². The third-order valence-corrected chi connectivity index (χ3v) is 2.45. The summed E-state index contributed by atoms with van der Waals surface area (Å²) in [4.78, 5) is 8.60. The van der Waals surface area contributed by atoms with E-state index in [0.29, 0.717) is 0 Å². The number of halogens is 1. The molecule has 0 spiro atoms. The summed E-state index contributed by atoms with van der Waals surface area (Å²) >= 11 is 4.88. The second kappa shape index (κ2) is 6.42. The van der Waals surface area contributed by atoms with Crippen LogP contribution in [0.15, 0.2) is 42.7 Å². The summed E-state index contributed by atoms with van der Waals surface area (Å²) < 4.78 is 3.75. The molecule has 0 radical (unpaired) electrons. The van der Waals surface area contributed by atoms with Gasteiger partial charge in [-0.1, -0.05) is 30.3 Å². The zero-order valence-electron chi connectivity index (χ0n) is 9.51. The summed E-state index contributed by atoms with van der Waals surface area (Å²) in [6.07, 6.45) is 6.55. The van der Waals surface area contributed by atoms with Crippen molar-refractivity contribution in [3.63, 3.8) is 0 Å². The molecule has 0 unspecified atom stereocenters. The SMILES string of the molecule is C[n+]1[c-]n(-c2ccccc2)c2nccnc21.[Ag][I]. The van der Waals surface area contributed by atoms with Crippen molar-refractivity contribution < 1.29 is 21.8 Å². The zero-order chi connectivity index (χ0) is 13.0. The Morgan fingerprint density at radius 1 is 1.17 bits per heavy atom. The van der Waals surface area contributed by atoms with Crippen LogP contribution in [0.4, 0.5) is 0 Å². The number of aromatic nitrogens is 4. The van der Waals surface area contributed by atoms with Gasteiger partial charge in [-0.05, 0) is 0 Å². The van der Waals surface area contributed by atoms with E-state index < -0.39 is 0 Å². The third kappa shape index (κ3) is 2.64. The van der Waals surface area contributed by atoms with E-state index in [1.807, 2.05) is 65.5 Å². The van der Waals surface area contributed by atoms with E-state index in [1.165, 1.54) is 0 Å². The van der Waals surface area contributed by atoms with E-state index in [4.69, 9.17) is 0 Å². The quantitative estimate of drug-likeness (QED) is 0.249. The Hall–Kier alpha value is -0.760. The van der Waals surface area contributed by atoms with E-state index in [-0.39, 0.29) is 0 Å². The fourth-order valence-electron chi connectivity index (χ4n) is 1.72. The molecule has 96 valence electrons. The van der Waals surface area contributed by atoms with Crippen molar-refractivity contribution in [3.05, 3.63) is 49.1 Å². The van der Waals surface area contributed by atoms with Crippen LogP contribution in [-0.2, 0) is 24.3 Å². The molecule has 18 heavy (non-hydrogen) atoms. The number of imidazole rings is 1. The van der Waals surface area contributed by atoms with Crippen LogP contribution in [0.25, 0.3) is 17.0 Å². The molecule has 3 rings (SSSR count). The van der Waals surface area contributed by atoms with Crippen LogP contribution in [0.2, 0.25) is 0 Å². The van der Waals surface area contributed by atoms with Crippen LogP contribution < -0.4 is 4.57 Å². The van der Waals surface area contributed by atoms with E-state index in [0.717, 1.165) is 17.0 Å². The molecule has 6 heteroatoms. The number of hydrogen-bond donors (Lipinski definition) is 0. The molecule has 0 saturated heterocycles. The Kier molecular flexibility index (Phi) is 4.87. The topological polar surface area (TPSA) is 34.6 Å². The molecule has 0 aliphatic heterocycles. The van der Waals surface area contributed by atoms with E-state index in [9.17, 15) is 0 Å². The minimum atomic E-state index is 0.816. The van der Waals surface area contributed by atoms with Crippen molar-refractivity contribution in [3.8, 4) is 5.69 Å². The zero-order valence-corrected chi connectivity index (χ0v) is 13.1. The minimum absolute atomic E-state index is 0.816. The van der Waals surface area contributed by atoms with Gasteiger partial charge in [0.05, 0.1) is 6.20 Å². The second-order valence-electron chi connectivity index (χ2n) is 3.53. The Labute approximate surface area is 128 Å². The summed E-state index contributed by atoms with van der Waals surface area (Å²) in [5.41, 5.74) is 2.68. The van der Waals surface area contributed by atoms with Crippen molar-refractivity contribution in [2.24, 2.45) is 7.05 Å². The van der Waals surface area contributed by atoms with Crippen molar-refractivity contribution in [2.75, 3.05) is 0 Å². The Balaban J connectivity index is 0.000000574. The van der Waals surface area contributed by atoms with Gasteiger partial charge >= 0.3 is 36.3 Å². The van der Waals surface area contributed by atoms with Gasteiger partial charge in [0.1, 0.15) is 11.8 Å². The Bertz CT molecular complexity index is 639. The van der Waals surface area contributed by atoms with E-state index >= 15 is 0 Å². The van der Waals surface area contributed by atoms with Crippen molar-refractivity contribution >= 4 is 30.3 Å². The van der Waals surface area contributed by atoms with Gasteiger partial charge in [-0.2, -0.15) is 4.98 Å². The molecule has 0 aliphatic carbocycles. The molecule has 0 N–H and O–H groups in total. The number of benzene rings is 1. The van der Waals surface area contributed by atoms with E-state index in [2.05, 4.69) is 33.5 Å². The number of para-hydroxylation sites is 1. The molecular formula is C12H10AgIN4. The first kappa shape index (κ1) is 13.7. The molecule has 0 fully saturated rings. The Morgan fingerprint density at radius 2 is 1.83 bits per heavy atom. The summed E-state index contributed by atoms with van der Waals surface area (Å²) in [6.45, 7) is 0. The first-order chi connectivity index (χ1) is 8.86. The first-order valence-corrected chi connectivity index (χ1v) is 9.55. The number of hydrogen-bond acceptors (Lipinski definition) is 2. The van der Waals surface area contributed by atoms with Gasteiger partial charge in [-0.25, -0.2) is 0 Å². The summed E-state index contributed by atoms with van der Waals surface area (Å²) in [5, 5.41) is 0. The van der Waals surface area contributed by atoms with Crippen LogP contribution in [-0.4, -0.2) is 14.5 Å². The molecule has 0 bridgehead atoms. The summed E-state index contributed by atoms with van der Waals surface area (Å²) in [6, 6.07) is 10.0. The normalized spacial score (nSPS) is 10.0. The van der Waals surface area contributed by atoms with Gasteiger partial charge in [0, 0.05) is 12.7 Å². The fraction of sp³-hybridized carbons (Fsp3) is 0.0833. The average molecular weight is 445 g/mol. The molecule has 4 nitrogen and oxygen atoms in total. The van der Waals surface area contributed by atoms with Crippen LogP contribution in [0.3, 0.4) is 0 Å². The average Bonchev–Trinajstić information content (AvgIpc) is 2.80. The molecule has 2 heterocycles. The van der Waals surface area contributed by atoms with Gasteiger partial charge < -0.3 is 9.13 Å². The number of rotatable bonds is 1. The van der Waals surface area contributed by atoms with E-state index in [1.54, 1.807) is 12.4 Å². The third-order valence-electron chi connectivity index (χ3n) is 2.45. The molecule has 1 aromatic carbocycles. The molecular weight excluding hydrogens is 435 g/mol. The monoisotopic (exact) mass is 444 g/mol. The molecule has 0 amide bonds. The molecule has 0 atom stereocenters. The predicted molar refractivity (Wildman–Crippen MR) is 72.9 cm³/mol. The first-order valence-electron chi connectivity index (χ1n) is 5.14. The summed E-state index contributed by atoms with van der Waals surface area (Å²) in [7, 11) is 1.91. The molecule has 2 aromatic heterocycles. The molecule has 0 aliphatic rings. The van der Waals surface area contributed by atoms with Crippen molar-refractivity contribution in [2.45, 2.75) is 0 Å². The predicted octanol–water partition coefficient (Wildman–Crippen LogP) is 1.93. The maximum atomic E-state index is 4.33. The number of fused-ring (bicyclic) bond motifs is 1. The fourth-order valence-corrected chi connectivity index (χ4v) is 1.72. The van der Waals surface area contributed by atoms with Crippen LogP contribution >= 0.6 is 19.0 Å². The Morgan fingerprint density at radius 3 is 2.56 bits per heavy atom. The van der Waals surface area contributed by atoms with Gasteiger partial charge in [-0.3, -0.25) is 4.98 Å². The van der Waals surface area contributed by atoms with Gasteiger partial charge in [0.15, 0.2) is 6.33 Å². The number of aryl methyl sites for hydroxylation is 1. The standard InChI is InChI=1S/C12H10N4.Ag.HI/c1-15-9-16(10-5-3-2-4-6-10)12-11(15)13-7-8-14-12;;/h2-8H,1H3;;1H/q;+1;/p-1. The van der Waals surface area contributed by atoms with Gasteiger partial charge in [0.2, 0.25) is 5.65 Å².